The first-order chi connectivity index (χ1) is 10.8. The van der Waals surface area contributed by atoms with Crippen molar-refractivity contribution in [3.05, 3.63) is 0 Å². The van der Waals surface area contributed by atoms with E-state index < -0.39 is 0 Å². The zero-order valence-corrected chi connectivity index (χ0v) is 14.3. The highest BCUT2D eigenvalue weighted by atomic mass is 16.5. The number of likely N-dealkylation sites (N-methyl/N-ethyl adjacent to an activating group) is 1. The van der Waals surface area contributed by atoms with Crippen molar-refractivity contribution in [3.8, 4) is 0 Å². The van der Waals surface area contributed by atoms with Gasteiger partial charge in [0.1, 0.15) is 0 Å². The molecular formula is C16H33N5O. The van der Waals surface area contributed by atoms with Crippen LogP contribution < -0.4 is 10.6 Å². The first-order valence-corrected chi connectivity index (χ1v) is 8.82. The summed E-state index contributed by atoms with van der Waals surface area (Å²) >= 11 is 0. The minimum atomic E-state index is 0.615. The van der Waals surface area contributed by atoms with E-state index in [9.17, 15) is 0 Å². The molecule has 0 saturated carbocycles. The number of hydrogen-bond donors (Lipinski definition) is 2. The number of guanidine groups is 1. The SMILES string of the molecule is CCNC(=NCC1CCCN1C)NCCCN1CCOCC1. The first-order valence-electron chi connectivity index (χ1n) is 8.82. The molecule has 2 aliphatic rings. The zero-order chi connectivity index (χ0) is 15.6. The molecule has 0 amide bonds. The molecule has 2 rings (SSSR count). The molecule has 0 radical (unpaired) electrons. The first kappa shape index (κ1) is 17.5. The van der Waals surface area contributed by atoms with Crippen LogP contribution in [-0.4, -0.2) is 87.9 Å². The Morgan fingerprint density at radius 1 is 1.23 bits per heavy atom. The maximum atomic E-state index is 5.38. The Kier molecular flexibility index (Phi) is 7.98. The van der Waals surface area contributed by atoms with E-state index in [0.29, 0.717) is 6.04 Å². The fourth-order valence-corrected chi connectivity index (χ4v) is 3.08. The molecule has 22 heavy (non-hydrogen) atoms. The molecule has 2 N–H and O–H groups in total. The minimum absolute atomic E-state index is 0.615. The van der Waals surface area contributed by atoms with E-state index in [2.05, 4.69) is 34.4 Å². The van der Waals surface area contributed by atoms with E-state index in [0.717, 1.165) is 64.9 Å². The molecule has 0 spiro atoms. The third kappa shape index (κ3) is 6.10. The summed E-state index contributed by atoms with van der Waals surface area (Å²) in [5, 5.41) is 6.81. The van der Waals surface area contributed by atoms with E-state index >= 15 is 0 Å². The lowest BCUT2D eigenvalue weighted by Crippen LogP contribution is -2.41. The largest absolute Gasteiger partial charge is 0.379 e. The van der Waals surface area contributed by atoms with Crippen LogP contribution in [-0.2, 0) is 4.74 Å². The average Bonchev–Trinajstić information content (AvgIpc) is 2.95. The molecule has 128 valence electrons. The Bertz CT molecular complexity index is 330. The Labute approximate surface area is 135 Å². The van der Waals surface area contributed by atoms with Gasteiger partial charge in [-0.05, 0) is 46.3 Å². The van der Waals surface area contributed by atoms with E-state index in [-0.39, 0.29) is 0 Å². The van der Waals surface area contributed by atoms with Crippen molar-refractivity contribution >= 4 is 5.96 Å². The summed E-state index contributed by atoms with van der Waals surface area (Å²) in [6.45, 7) is 11.2. The van der Waals surface area contributed by atoms with Gasteiger partial charge >= 0.3 is 0 Å². The van der Waals surface area contributed by atoms with Crippen molar-refractivity contribution in [2.45, 2.75) is 32.2 Å². The van der Waals surface area contributed by atoms with Crippen molar-refractivity contribution in [3.63, 3.8) is 0 Å². The second-order valence-corrected chi connectivity index (χ2v) is 6.23. The van der Waals surface area contributed by atoms with Gasteiger partial charge in [0, 0.05) is 32.2 Å². The number of nitrogens with zero attached hydrogens (tertiary/aromatic N) is 3. The number of nitrogens with one attached hydrogen (secondary N) is 2. The highest BCUT2D eigenvalue weighted by molar-refractivity contribution is 5.79. The molecule has 0 aromatic rings. The van der Waals surface area contributed by atoms with Crippen LogP contribution >= 0.6 is 0 Å². The molecule has 0 aliphatic carbocycles. The second-order valence-electron chi connectivity index (χ2n) is 6.23. The van der Waals surface area contributed by atoms with Gasteiger partial charge in [0.25, 0.3) is 0 Å². The van der Waals surface area contributed by atoms with Crippen LogP contribution in [0.4, 0.5) is 0 Å². The molecule has 0 bridgehead atoms. The van der Waals surface area contributed by atoms with Crippen LogP contribution in [0.3, 0.4) is 0 Å². The molecule has 1 unspecified atom stereocenters. The van der Waals surface area contributed by atoms with Crippen molar-refractivity contribution in [1.82, 2.24) is 20.4 Å². The summed E-state index contributed by atoms with van der Waals surface area (Å²) in [5.41, 5.74) is 0. The van der Waals surface area contributed by atoms with Gasteiger partial charge in [-0.1, -0.05) is 0 Å². The molecule has 2 aliphatic heterocycles. The molecule has 0 aromatic heterocycles. The van der Waals surface area contributed by atoms with Crippen LogP contribution in [0.5, 0.6) is 0 Å². The number of morpholine rings is 1. The van der Waals surface area contributed by atoms with Crippen molar-refractivity contribution in [2.24, 2.45) is 4.99 Å². The minimum Gasteiger partial charge on any atom is -0.379 e. The number of ether oxygens (including phenoxy) is 1. The molecule has 1 atom stereocenters. The van der Waals surface area contributed by atoms with Gasteiger partial charge in [-0.15, -0.1) is 0 Å². The fraction of sp³-hybridized carbons (Fsp3) is 0.938. The Morgan fingerprint density at radius 3 is 2.73 bits per heavy atom. The standard InChI is InChI=1S/C16H33N5O/c1-3-17-16(19-14-15-6-4-8-20(15)2)18-7-5-9-21-10-12-22-13-11-21/h15H,3-14H2,1-2H3,(H2,17,18,19). The van der Waals surface area contributed by atoms with E-state index in [1.165, 1.54) is 19.4 Å². The monoisotopic (exact) mass is 311 g/mol. The number of rotatable bonds is 7. The maximum absolute atomic E-state index is 5.38. The van der Waals surface area contributed by atoms with Gasteiger partial charge in [-0.25, -0.2) is 0 Å². The fourth-order valence-electron chi connectivity index (χ4n) is 3.08. The Morgan fingerprint density at radius 2 is 2.05 bits per heavy atom. The third-order valence-electron chi connectivity index (χ3n) is 4.52. The molecule has 0 aromatic carbocycles. The number of likely N-dealkylation sites (tertiary alicyclic amines) is 1. The van der Waals surface area contributed by atoms with Crippen molar-refractivity contribution in [2.75, 3.05) is 66.1 Å². The highest BCUT2D eigenvalue weighted by Crippen LogP contribution is 2.14. The summed E-state index contributed by atoms with van der Waals surface area (Å²) in [7, 11) is 2.20. The Balaban J connectivity index is 1.64. The summed E-state index contributed by atoms with van der Waals surface area (Å²) in [6, 6.07) is 0.615. The lowest BCUT2D eigenvalue weighted by molar-refractivity contribution is 0.0376. The van der Waals surface area contributed by atoms with Gasteiger partial charge in [0.15, 0.2) is 5.96 Å². The van der Waals surface area contributed by atoms with Crippen LogP contribution in [0.15, 0.2) is 4.99 Å². The topological polar surface area (TPSA) is 52.1 Å². The molecule has 2 heterocycles. The predicted octanol–water partition coefficient (Wildman–Crippen LogP) is 0.358. The average molecular weight is 311 g/mol. The lowest BCUT2D eigenvalue weighted by Gasteiger charge is -2.26. The van der Waals surface area contributed by atoms with Crippen LogP contribution in [0.1, 0.15) is 26.2 Å². The van der Waals surface area contributed by atoms with Gasteiger partial charge in [0.05, 0.1) is 19.8 Å². The zero-order valence-electron chi connectivity index (χ0n) is 14.3. The second kappa shape index (κ2) is 10.0. The summed E-state index contributed by atoms with van der Waals surface area (Å²) in [6.07, 6.45) is 3.73. The molecule has 6 heteroatoms. The molecule has 2 saturated heterocycles. The van der Waals surface area contributed by atoms with Gasteiger partial charge in [0.2, 0.25) is 0 Å². The summed E-state index contributed by atoms with van der Waals surface area (Å²) in [4.78, 5) is 9.65. The molecule has 6 nitrogen and oxygen atoms in total. The molecular weight excluding hydrogens is 278 g/mol. The highest BCUT2D eigenvalue weighted by Gasteiger charge is 2.20. The smallest absolute Gasteiger partial charge is 0.191 e. The van der Waals surface area contributed by atoms with Crippen LogP contribution in [0.25, 0.3) is 0 Å². The van der Waals surface area contributed by atoms with E-state index in [1.54, 1.807) is 0 Å². The van der Waals surface area contributed by atoms with E-state index in [4.69, 9.17) is 9.73 Å². The van der Waals surface area contributed by atoms with Crippen molar-refractivity contribution in [1.29, 1.82) is 0 Å². The van der Waals surface area contributed by atoms with Crippen LogP contribution in [0.2, 0.25) is 0 Å². The molecule has 2 fully saturated rings. The number of hydrogen-bond acceptors (Lipinski definition) is 4. The quantitative estimate of drug-likeness (QED) is 0.404. The summed E-state index contributed by atoms with van der Waals surface area (Å²) in [5.74, 6) is 0.963. The van der Waals surface area contributed by atoms with Gasteiger partial charge in [-0.2, -0.15) is 0 Å². The predicted molar refractivity (Wildman–Crippen MR) is 91.5 cm³/mol. The normalized spacial score (nSPS) is 24.6. The third-order valence-corrected chi connectivity index (χ3v) is 4.52. The van der Waals surface area contributed by atoms with Crippen molar-refractivity contribution < 1.29 is 4.74 Å². The lowest BCUT2D eigenvalue weighted by atomic mass is 10.2. The van der Waals surface area contributed by atoms with Gasteiger partial charge < -0.3 is 20.3 Å². The maximum Gasteiger partial charge on any atom is 0.191 e. The van der Waals surface area contributed by atoms with Gasteiger partial charge in [-0.3, -0.25) is 9.89 Å². The summed E-state index contributed by atoms with van der Waals surface area (Å²) < 4.78 is 5.38. The number of aliphatic imine (C=N–C) groups is 1. The van der Waals surface area contributed by atoms with E-state index in [1.807, 2.05) is 0 Å². The van der Waals surface area contributed by atoms with Crippen LogP contribution in [0, 0.1) is 0 Å². The Hall–Kier alpha value is -0.850.